The van der Waals surface area contributed by atoms with Crippen LogP contribution in [0.2, 0.25) is 0 Å². The summed E-state index contributed by atoms with van der Waals surface area (Å²) >= 11 is 1.40. The Hall–Kier alpha value is -0.940. The average molecular weight is 267 g/mol. The third kappa shape index (κ3) is 2.57. The predicted molar refractivity (Wildman–Crippen MR) is 67.6 cm³/mol. The highest BCUT2D eigenvalue weighted by Crippen LogP contribution is 2.38. The zero-order chi connectivity index (χ0) is 12.5. The van der Waals surface area contributed by atoms with Gasteiger partial charge in [0, 0.05) is 6.61 Å². The summed E-state index contributed by atoms with van der Waals surface area (Å²) in [6, 6.07) is 0. The van der Waals surface area contributed by atoms with Gasteiger partial charge in [-0.3, -0.25) is 0 Å². The SMILES string of the molecule is C[C@@H]1C[C@H]1COC(=O)c1cnc([C@H]2CCCO2)s1. The van der Waals surface area contributed by atoms with E-state index in [2.05, 4.69) is 11.9 Å². The molecule has 3 atom stereocenters. The first-order valence-electron chi connectivity index (χ1n) is 6.48. The Kier molecular flexibility index (Phi) is 3.35. The van der Waals surface area contributed by atoms with Crippen molar-refractivity contribution in [2.45, 2.75) is 32.3 Å². The molecule has 1 aliphatic carbocycles. The summed E-state index contributed by atoms with van der Waals surface area (Å²) in [4.78, 5) is 16.7. The molecular weight excluding hydrogens is 250 g/mol. The topological polar surface area (TPSA) is 48.4 Å². The van der Waals surface area contributed by atoms with Crippen LogP contribution in [0.25, 0.3) is 0 Å². The van der Waals surface area contributed by atoms with E-state index < -0.39 is 0 Å². The molecular formula is C13H17NO3S. The third-order valence-corrected chi connectivity index (χ3v) is 4.70. The Balaban J connectivity index is 1.56. The number of carbonyl (C=O) groups is 1. The van der Waals surface area contributed by atoms with Crippen molar-refractivity contribution in [2.75, 3.05) is 13.2 Å². The van der Waals surface area contributed by atoms with Gasteiger partial charge < -0.3 is 9.47 Å². The van der Waals surface area contributed by atoms with Crippen LogP contribution in [0.4, 0.5) is 0 Å². The molecule has 98 valence electrons. The van der Waals surface area contributed by atoms with Gasteiger partial charge in [0.2, 0.25) is 0 Å². The summed E-state index contributed by atoms with van der Waals surface area (Å²) in [5.41, 5.74) is 0. The fourth-order valence-electron chi connectivity index (χ4n) is 2.19. The number of thiazole rings is 1. The minimum Gasteiger partial charge on any atom is -0.461 e. The lowest BCUT2D eigenvalue weighted by Gasteiger charge is -2.03. The van der Waals surface area contributed by atoms with Gasteiger partial charge in [0.25, 0.3) is 0 Å². The number of nitrogens with zero attached hydrogens (tertiary/aromatic N) is 1. The van der Waals surface area contributed by atoms with Gasteiger partial charge in [0.15, 0.2) is 0 Å². The molecule has 2 fully saturated rings. The summed E-state index contributed by atoms with van der Waals surface area (Å²) in [6.45, 7) is 3.53. The van der Waals surface area contributed by atoms with E-state index in [1.54, 1.807) is 6.20 Å². The standard InChI is InChI=1S/C13H17NO3S/c1-8-5-9(8)7-17-13(15)11-6-14-12(18-11)10-3-2-4-16-10/h6,8-10H,2-5,7H2,1H3/t8-,9+,10-/m1/s1. The van der Waals surface area contributed by atoms with Crippen LogP contribution in [0.3, 0.4) is 0 Å². The predicted octanol–water partition coefficient (Wildman–Crippen LogP) is 2.81. The van der Waals surface area contributed by atoms with Crippen molar-refractivity contribution in [3.05, 3.63) is 16.1 Å². The highest BCUT2D eigenvalue weighted by atomic mass is 32.1. The Bertz CT molecular complexity index is 439. The minimum atomic E-state index is -0.240. The molecule has 0 bridgehead atoms. The number of carbonyl (C=O) groups excluding carboxylic acids is 1. The van der Waals surface area contributed by atoms with E-state index in [0.717, 1.165) is 24.5 Å². The van der Waals surface area contributed by atoms with Gasteiger partial charge in [-0.25, -0.2) is 9.78 Å². The molecule has 0 spiro atoms. The van der Waals surface area contributed by atoms with Crippen molar-refractivity contribution >= 4 is 17.3 Å². The largest absolute Gasteiger partial charge is 0.461 e. The van der Waals surface area contributed by atoms with Crippen molar-refractivity contribution in [1.29, 1.82) is 0 Å². The lowest BCUT2D eigenvalue weighted by Crippen LogP contribution is -2.06. The number of rotatable bonds is 4. The second kappa shape index (κ2) is 4.97. The van der Waals surface area contributed by atoms with E-state index in [1.165, 1.54) is 17.8 Å². The number of esters is 1. The molecule has 1 saturated heterocycles. The van der Waals surface area contributed by atoms with Crippen molar-refractivity contribution in [3.63, 3.8) is 0 Å². The van der Waals surface area contributed by atoms with E-state index in [4.69, 9.17) is 9.47 Å². The first-order valence-corrected chi connectivity index (χ1v) is 7.30. The van der Waals surface area contributed by atoms with Gasteiger partial charge >= 0.3 is 5.97 Å². The monoisotopic (exact) mass is 267 g/mol. The van der Waals surface area contributed by atoms with Gasteiger partial charge in [0.1, 0.15) is 16.0 Å². The van der Waals surface area contributed by atoms with Crippen LogP contribution in [-0.4, -0.2) is 24.2 Å². The maximum absolute atomic E-state index is 11.8. The number of hydrogen-bond donors (Lipinski definition) is 0. The molecule has 2 aliphatic rings. The first-order chi connectivity index (χ1) is 8.74. The van der Waals surface area contributed by atoms with Crippen molar-refractivity contribution in [1.82, 2.24) is 4.98 Å². The average Bonchev–Trinajstić information content (AvgIpc) is 2.83. The molecule has 0 radical (unpaired) electrons. The molecule has 0 N–H and O–H groups in total. The molecule has 0 aromatic carbocycles. The van der Waals surface area contributed by atoms with Gasteiger partial charge in [-0.1, -0.05) is 6.92 Å². The summed E-state index contributed by atoms with van der Waals surface area (Å²) in [5.74, 6) is 1.04. The van der Waals surface area contributed by atoms with Gasteiger partial charge in [-0.15, -0.1) is 11.3 Å². The maximum atomic E-state index is 11.8. The second-order valence-electron chi connectivity index (χ2n) is 5.14. The van der Waals surface area contributed by atoms with Crippen LogP contribution in [0.5, 0.6) is 0 Å². The van der Waals surface area contributed by atoms with Crippen LogP contribution < -0.4 is 0 Å². The fraction of sp³-hybridized carbons (Fsp3) is 0.692. The van der Waals surface area contributed by atoms with Gasteiger partial charge in [0.05, 0.1) is 12.8 Å². The van der Waals surface area contributed by atoms with E-state index in [0.29, 0.717) is 23.3 Å². The molecule has 0 amide bonds. The molecule has 0 unspecified atom stereocenters. The van der Waals surface area contributed by atoms with E-state index in [1.807, 2.05) is 0 Å². The Labute approximate surface area is 110 Å². The summed E-state index contributed by atoms with van der Waals surface area (Å²) in [5, 5.41) is 0.902. The van der Waals surface area contributed by atoms with Crippen LogP contribution >= 0.6 is 11.3 Å². The molecule has 3 rings (SSSR count). The maximum Gasteiger partial charge on any atom is 0.349 e. The molecule has 1 saturated carbocycles. The van der Waals surface area contributed by atoms with Crippen molar-refractivity contribution in [3.8, 4) is 0 Å². The van der Waals surface area contributed by atoms with Crippen LogP contribution in [0.15, 0.2) is 6.20 Å². The zero-order valence-corrected chi connectivity index (χ0v) is 11.2. The highest BCUT2D eigenvalue weighted by molar-refractivity contribution is 7.13. The van der Waals surface area contributed by atoms with Crippen LogP contribution in [-0.2, 0) is 9.47 Å². The molecule has 18 heavy (non-hydrogen) atoms. The lowest BCUT2D eigenvalue weighted by molar-refractivity contribution is 0.0487. The quantitative estimate of drug-likeness (QED) is 0.787. The number of aromatic nitrogens is 1. The van der Waals surface area contributed by atoms with E-state index >= 15 is 0 Å². The summed E-state index contributed by atoms with van der Waals surface area (Å²) < 4.78 is 10.8. The lowest BCUT2D eigenvalue weighted by atomic mass is 10.2. The Morgan fingerprint density at radius 1 is 1.67 bits per heavy atom. The highest BCUT2D eigenvalue weighted by Gasteiger charge is 2.34. The summed E-state index contributed by atoms with van der Waals surface area (Å²) in [6.07, 6.45) is 4.95. The van der Waals surface area contributed by atoms with Crippen LogP contribution in [0, 0.1) is 11.8 Å². The zero-order valence-electron chi connectivity index (χ0n) is 10.4. The second-order valence-corrected chi connectivity index (χ2v) is 6.20. The Morgan fingerprint density at radius 3 is 3.17 bits per heavy atom. The molecule has 4 nitrogen and oxygen atoms in total. The minimum absolute atomic E-state index is 0.0833. The molecule has 1 aromatic heterocycles. The molecule has 1 aromatic rings. The third-order valence-electron chi connectivity index (χ3n) is 3.63. The smallest absolute Gasteiger partial charge is 0.349 e. The van der Waals surface area contributed by atoms with E-state index in [9.17, 15) is 4.79 Å². The number of hydrogen-bond acceptors (Lipinski definition) is 5. The number of ether oxygens (including phenoxy) is 2. The normalized spacial score (nSPS) is 30.4. The molecule has 1 aliphatic heterocycles. The van der Waals surface area contributed by atoms with Crippen molar-refractivity contribution in [2.24, 2.45) is 11.8 Å². The fourth-order valence-corrected chi connectivity index (χ4v) is 3.08. The molecule has 5 heteroatoms. The van der Waals surface area contributed by atoms with Crippen LogP contribution in [0.1, 0.15) is 47.0 Å². The van der Waals surface area contributed by atoms with Gasteiger partial charge in [-0.2, -0.15) is 0 Å². The molecule has 2 heterocycles. The summed E-state index contributed by atoms with van der Waals surface area (Å²) in [7, 11) is 0. The Morgan fingerprint density at radius 2 is 2.50 bits per heavy atom. The van der Waals surface area contributed by atoms with Gasteiger partial charge in [-0.05, 0) is 31.1 Å². The van der Waals surface area contributed by atoms with E-state index in [-0.39, 0.29) is 12.1 Å². The first kappa shape index (κ1) is 12.1. The van der Waals surface area contributed by atoms with Crippen molar-refractivity contribution < 1.29 is 14.3 Å².